The Hall–Kier alpha value is -1.69. The molecule has 0 amide bonds. The number of hydrogen-bond acceptors (Lipinski definition) is 4. The van der Waals surface area contributed by atoms with Gasteiger partial charge in [0.15, 0.2) is 0 Å². The first-order valence-electron chi connectivity index (χ1n) is 6.91. The Bertz CT molecular complexity index is 793. The van der Waals surface area contributed by atoms with Gasteiger partial charge in [0.1, 0.15) is 5.03 Å². The molecule has 0 radical (unpaired) electrons. The number of aromatic nitrogens is 3. The van der Waals surface area contributed by atoms with Crippen molar-refractivity contribution < 1.29 is 0 Å². The van der Waals surface area contributed by atoms with E-state index in [0.717, 1.165) is 10.6 Å². The first-order valence-corrected chi connectivity index (χ1v) is 8.55. The normalized spacial score (nSPS) is 12.3. The van der Waals surface area contributed by atoms with Crippen LogP contribution in [0.2, 0.25) is 10.0 Å². The summed E-state index contributed by atoms with van der Waals surface area (Å²) >= 11 is 14.0. The zero-order valence-electron chi connectivity index (χ0n) is 12.1. The number of rotatable bonds is 5. The molecule has 0 bridgehead atoms. The molecule has 2 heterocycles. The fraction of sp³-hybridized carbons (Fsp3) is 0.125. The van der Waals surface area contributed by atoms with E-state index >= 15 is 0 Å². The van der Waals surface area contributed by atoms with Crippen molar-refractivity contribution in [3.8, 4) is 0 Å². The fourth-order valence-corrected chi connectivity index (χ4v) is 3.96. The Balaban J connectivity index is 1.94. The van der Waals surface area contributed by atoms with Crippen LogP contribution in [0.3, 0.4) is 0 Å². The second-order valence-corrected chi connectivity index (χ2v) is 6.96. The highest BCUT2D eigenvalue weighted by Crippen LogP contribution is 2.41. The third-order valence-corrected chi connectivity index (χ3v) is 5.11. The minimum Gasteiger partial charge on any atom is -0.397 e. The fourth-order valence-electron chi connectivity index (χ4n) is 2.18. The monoisotopic (exact) mass is 364 g/mol. The van der Waals surface area contributed by atoms with Crippen LogP contribution in [0.1, 0.15) is 10.8 Å². The summed E-state index contributed by atoms with van der Waals surface area (Å²) in [6.07, 6.45) is 7.18. The maximum atomic E-state index is 6.40. The van der Waals surface area contributed by atoms with Gasteiger partial charge in [-0.2, -0.15) is 0 Å². The summed E-state index contributed by atoms with van der Waals surface area (Å²) in [4.78, 5) is 8.45. The lowest BCUT2D eigenvalue weighted by atomic mass is 10.1. The van der Waals surface area contributed by atoms with Crippen LogP contribution < -0.4 is 5.73 Å². The third kappa shape index (κ3) is 3.99. The van der Waals surface area contributed by atoms with E-state index < -0.39 is 0 Å². The molecule has 7 heteroatoms. The van der Waals surface area contributed by atoms with Crippen molar-refractivity contribution in [2.75, 3.05) is 5.73 Å². The topological polar surface area (TPSA) is 56.7 Å². The Labute approximate surface area is 148 Å². The predicted octanol–water partition coefficient (Wildman–Crippen LogP) is 4.70. The predicted molar refractivity (Wildman–Crippen MR) is 95.9 cm³/mol. The molecule has 118 valence electrons. The van der Waals surface area contributed by atoms with E-state index in [9.17, 15) is 0 Å². The molecule has 23 heavy (non-hydrogen) atoms. The van der Waals surface area contributed by atoms with E-state index in [2.05, 4.69) is 9.97 Å². The number of anilines is 1. The van der Waals surface area contributed by atoms with Crippen LogP contribution in [0.4, 0.5) is 5.69 Å². The van der Waals surface area contributed by atoms with Gasteiger partial charge in [0.2, 0.25) is 0 Å². The maximum Gasteiger partial charge on any atom is 0.120 e. The number of halogens is 2. The molecule has 2 aromatic heterocycles. The summed E-state index contributed by atoms with van der Waals surface area (Å²) in [5, 5.41) is 2.06. The molecule has 0 unspecified atom stereocenters. The van der Waals surface area contributed by atoms with Gasteiger partial charge in [-0.05, 0) is 29.8 Å². The standard InChI is InChI=1S/C16H14Cl2N4S/c17-11-3-4-12(13(18)8-11)15(9-22-7-6-20-10-22)23-16-14(19)2-1-5-21-16/h1-8,10,15H,9,19H2/t15-/m1/s1. The van der Waals surface area contributed by atoms with Gasteiger partial charge in [-0.3, -0.25) is 0 Å². The van der Waals surface area contributed by atoms with Gasteiger partial charge in [-0.15, -0.1) is 0 Å². The van der Waals surface area contributed by atoms with Crippen LogP contribution in [0.5, 0.6) is 0 Å². The zero-order valence-corrected chi connectivity index (χ0v) is 14.4. The second-order valence-electron chi connectivity index (χ2n) is 4.93. The lowest BCUT2D eigenvalue weighted by Gasteiger charge is -2.19. The minimum atomic E-state index is 0.0335. The maximum absolute atomic E-state index is 6.40. The first-order chi connectivity index (χ1) is 11.1. The summed E-state index contributed by atoms with van der Waals surface area (Å²) in [6, 6.07) is 9.19. The van der Waals surface area contributed by atoms with Crippen LogP contribution in [0.15, 0.2) is 60.3 Å². The van der Waals surface area contributed by atoms with Gasteiger partial charge in [0.25, 0.3) is 0 Å². The molecule has 0 aliphatic heterocycles. The van der Waals surface area contributed by atoms with E-state index in [1.165, 1.54) is 0 Å². The van der Waals surface area contributed by atoms with Crippen molar-refractivity contribution in [1.82, 2.24) is 14.5 Å². The quantitative estimate of drug-likeness (QED) is 0.666. The molecular formula is C16H14Cl2N4S. The van der Waals surface area contributed by atoms with Crippen molar-refractivity contribution in [3.05, 3.63) is 70.9 Å². The largest absolute Gasteiger partial charge is 0.397 e. The first kappa shape index (κ1) is 16.2. The lowest BCUT2D eigenvalue weighted by Crippen LogP contribution is -2.06. The van der Waals surface area contributed by atoms with E-state index in [1.54, 1.807) is 36.5 Å². The average Bonchev–Trinajstić information content (AvgIpc) is 3.02. The Kier molecular flexibility index (Phi) is 5.10. The highest BCUT2D eigenvalue weighted by atomic mass is 35.5. The van der Waals surface area contributed by atoms with Gasteiger partial charge in [-0.1, -0.05) is 41.0 Å². The summed E-state index contributed by atoms with van der Waals surface area (Å²) in [5.41, 5.74) is 7.66. The SMILES string of the molecule is Nc1cccnc1S[C@H](Cn1ccnc1)c1ccc(Cl)cc1Cl. The Morgan fingerprint density at radius 3 is 2.78 bits per heavy atom. The van der Waals surface area contributed by atoms with E-state index in [4.69, 9.17) is 28.9 Å². The van der Waals surface area contributed by atoms with Gasteiger partial charge in [0.05, 0.1) is 17.3 Å². The molecule has 1 atom stereocenters. The molecule has 4 nitrogen and oxygen atoms in total. The molecule has 2 N–H and O–H groups in total. The van der Waals surface area contributed by atoms with Crippen molar-refractivity contribution in [3.63, 3.8) is 0 Å². The third-order valence-electron chi connectivity index (χ3n) is 3.30. The second kappa shape index (κ2) is 7.25. The van der Waals surface area contributed by atoms with Crippen LogP contribution in [0.25, 0.3) is 0 Å². The number of benzene rings is 1. The average molecular weight is 365 g/mol. The summed E-state index contributed by atoms with van der Waals surface area (Å²) < 4.78 is 2.00. The highest BCUT2D eigenvalue weighted by Gasteiger charge is 2.19. The van der Waals surface area contributed by atoms with Crippen molar-refractivity contribution in [1.29, 1.82) is 0 Å². The molecule has 0 saturated heterocycles. The molecule has 0 saturated carbocycles. The zero-order chi connectivity index (χ0) is 16.2. The smallest absolute Gasteiger partial charge is 0.120 e. The van der Waals surface area contributed by atoms with Crippen LogP contribution in [-0.2, 0) is 6.54 Å². The summed E-state index contributed by atoms with van der Waals surface area (Å²) in [7, 11) is 0. The van der Waals surface area contributed by atoms with Gasteiger partial charge in [0, 0.05) is 35.2 Å². The van der Waals surface area contributed by atoms with Crippen LogP contribution in [-0.4, -0.2) is 14.5 Å². The molecule has 0 spiro atoms. The molecule has 3 rings (SSSR count). The van der Waals surface area contributed by atoms with Gasteiger partial charge < -0.3 is 10.3 Å². The van der Waals surface area contributed by atoms with Crippen LogP contribution >= 0.6 is 35.0 Å². The number of hydrogen-bond donors (Lipinski definition) is 1. The van der Waals surface area contributed by atoms with E-state index in [-0.39, 0.29) is 5.25 Å². The Morgan fingerprint density at radius 2 is 2.09 bits per heavy atom. The molecule has 0 aliphatic rings. The van der Waals surface area contributed by atoms with Crippen molar-refractivity contribution in [2.24, 2.45) is 0 Å². The molecule has 3 aromatic rings. The van der Waals surface area contributed by atoms with E-state index in [0.29, 0.717) is 22.3 Å². The number of imidazole rings is 1. The molecule has 1 aromatic carbocycles. The lowest BCUT2D eigenvalue weighted by molar-refractivity contribution is 0.683. The minimum absolute atomic E-state index is 0.0335. The molecule has 0 aliphatic carbocycles. The molecular weight excluding hydrogens is 351 g/mol. The number of thioether (sulfide) groups is 1. The van der Waals surface area contributed by atoms with Gasteiger partial charge in [-0.25, -0.2) is 9.97 Å². The number of pyridine rings is 1. The van der Waals surface area contributed by atoms with E-state index in [1.807, 2.05) is 35.0 Å². The molecule has 0 fully saturated rings. The number of nitrogens with two attached hydrogens (primary N) is 1. The van der Waals surface area contributed by atoms with Crippen LogP contribution in [0, 0.1) is 0 Å². The summed E-state index contributed by atoms with van der Waals surface area (Å²) in [6.45, 7) is 0.696. The Morgan fingerprint density at radius 1 is 1.22 bits per heavy atom. The summed E-state index contributed by atoms with van der Waals surface area (Å²) in [5.74, 6) is 0. The number of nitrogen functional groups attached to an aromatic ring is 1. The van der Waals surface area contributed by atoms with Gasteiger partial charge >= 0.3 is 0 Å². The van der Waals surface area contributed by atoms with Crippen molar-refractivity contribution >= 4 is 40.7 Å². The van der Waals surface area contributed by atoms with Crippen molar-refractivity contribution in [2.45, 2.75) is 16.8 Å². The number of nitrogens with zero attached hydrogens (tertiary/aromatic N) is 3. The highest BCUT2D eigenvalue weighted by molar-refractivity contribution is 7.99.